The Labute approximate surface area is 168 Å². The summed E-state index contributed by atoms with van der Waals surface area (Å²) in [5.41, 5.74) is 1.71. The number of pyridine rings is 1. The van der Waals surface area contributed by atoms with E-state index >= 15 is 0 Å². The third-order valence-electron chi connectivity index (χ3n) is 5.10. The first-order valence-corrected chi connectivity index (χ1v) is 9.37. The molecule has 0 bridgehead atoms. The van der Waals surface area contributed by atoms with Crippen LogP contribution in [0.5, 0.6) is 0 Å². The van der Waals surface area contributed by atoms with E-state index in [-0.39, 0.29) is 0 Å². The minimum Gasteiger partial charge on any atom is -0.481 e. The molecule has 4 aromatic rings. The van der Waals surface area contributed by atoms with Crippen molar-refractivity contribution in [2.45, 2.75) is 5.92 Å². The van der Waals surface area contributed by atoms with Crippen molar-refractivity contribution in [1.29, 1.82) is 0 Å². The zero-order valence-corrected chi connectivity index (χ0v) is 15.6. The normalized spacial score (nSPS) is 13.0. The first-order chi connectivity index (χ1) is 14.2. The van der Waals surface area contributed by atoms with Crippen molar-refractivity contribution in [2.24, 2.45) is 5.92 Å². The van der Waals surface area contributed by atoms with E-state index in [0.29, 0.717) is 11.3 Å². The fourth-order valence-electron chi connectivity index (χ4n) is 3.75. The Morgan fingerprint density at radius 1 is 0.759 bits per heavy atom. The average molecular weight is 381 g/mol. The molecule has 0 saturated heterocycles. The van der Waals surface area contributed by atoms with E-state index in [2.05, 4.69) is 4.98 Å². The molecule has 142 valence electrons. The van der Waals surface area contributed by atoms with Gasteiger partial charge in [-0.2, -0.15) is 0 Å². The van der Waals surface area contributed by atoms with E-state index < -0.39 is 23.6 Å². The average Bonchev–Trinajstić information content (AvgIpc) is 2.77. The maximum Gasteiger partial charge on any atom is 0.315 e. The van der Waals surface area contributed by atoms with Crippen molar-refractivity contribution >= 4 is 22.5 Å². The van der Waals surface area contributed by atoms with Gasteiger partial charge in [-0.05, 0) is 17.0 Å². The van der Waals surface area contributed by atoms with Crippen molar-refractivity contribution in [3.05, 3.63) is 114 Å². The highest BCUT2D eigenvalue weighted by Gasteiger charge is 2.38. The minimum atomic E-state index is -1.29. The van der Waals surface area contributed by atoms with Gasteiger partial charge >= 0.3 is 5.97 Å². The van der Waals surface area contributed by atoms with E-state index in [1.54, 1.807) is 36.5 Å². The second-order valence-corrected chi connectivity index (χ2v) is 6.85. The Morgan fingerprint density at radius 3 is 2.07 bits per heavy atom. The number of rotatable bonds is 6. The predicted octanol–water partition coefficient (Wildman–Crippen LogP) is 4.95. The van der Waals surface area contributed by atoms with Gasteiger partial charge in [0, 0.05) is 23.1 Å². The van der Waals surface area contributed by atoms with E-state index in [1.165, 1.54) is 0 Å². The highest BCUT2D eigenvalue weighted by Crippen LogP contribution is 2.36. The number of benzene rings is 3. The Balaban J connectivity index is 1.94. The number of carbonyl (C=O) groups is 2. The molecule has 4 nitrogen and oxygen atoms in total. The summed E-state index contributed by atoms with van der Waals surface area (Å²) >= 11 is 0. The third-order valence-corrected chi connectivity index (χ3v) is 5.10. The van der Waals surface area contributed by atoms with Gasteiger partial charge in [-0.1, -0.05) is 84.9 Å². The van der Waals surface area contributed by atoms with Gasteiger partial charge in [-0.3, -0.25) is 14.6 Å². The van der Waals surface area contributed by atoms with Crippen LogP contribution in [0.2, 0.25) is 0 Å². The highest BCUT2D eigenvalue weighted by atomic mass is 16.4. The van der Waals surface area contributed by atoms with E-state index in [4.69, 9.17) is 0 Å². The number of nitrogens with zero attached hydrogens (tertiary/aromatic N) is 1. The van der Waals surface area contributed by atoms with Crippen LogP contribution in [0.3, 0.4) is 0 Å². The summed E-state index contributed by atoms with van der Waals surface area (Å²) < 4.78 is 0. The summed E-state index contributed by atoms with van der Waals surface area (Å²) in [5.74, 6) is -3.60. The molecule has 0 spiro atoms. The van der Waals surface area contributed by atoms with Crippen LogP contribution in [0.25, 0.3) is 10.8 Å². The molecular formula is C25H19NO3. The number of ketones is 1. The van der Waals surface area contributed by atoms with Gasteiger partial charge < -0.3 is 5.11 Å². The van der Waals surface area contributed by atoms with Gasteiger partial charge in [-0.15, -0.1) is 0 Å². The fraction of sp³-hybridized carbons (Fsp3) is 0.0800. The summed E-state index contributed by atoms with van der Waals surface area (Å²) in [6.07, 6.45) is 1.67. The second kappa shape index (κ2) is 8.07. The number of aliphatic carboxylic acids is 1. The van der Waals surface area contributed by atoms with Crippen LogP contribution in [0, 0.1) is 5.92 Å². The van der Waals surface area contributed by atoms with Crippen LogP contribution in [0.4, 0.5) is 0 Å². The SMILES string of the molecule is O=C(O)[C@H](C(=O)c1ccccc1)[C@@H](c1ccccc1)c1nccc2ccccc12. The number of carboxylic acids is 1. The Hall–Kier alpha value is -3.79. The fourth-order valence-corrected chi connectivity index (χ4v) is 3.75. The molecule has 4 rings (SSSR count). The number of Topliss-reactive ketones (excluding diaryl/α,β-unsaturated/α-hetero) is 1. The molecule has 29 heavy (non-hydrogen) atoms. The lowest BCUT2D eigenvalue weighted by Crippen LogP contribution is -2.31. The molecule has 0 aliphatic rings. The standard InChI is InChI=1S/C25H19NO3/c27-24(19-12-5-2-6-13-19)22(25(28)29)21(18-10-3-1-4-11-18)23-20-14-8-7-9-17(20)15-16-26-23/h1-16,21-22H,(H,28,29)/t21-,22+/m1/s1. The van der Waals surface area contributed by atoms with Crippen LogP contribution in [-0.2, 0) is 4.79 Å². The highest BCUT2D eigenvalue weighted by molar-refractivity contribution is 6.09. The Kier molecular flexibility index (Phi) is 5.16. The minimum absolute atomic E-state index is 0.376. The summed E-state index contributed by atoms with van der Waals surface area (Å²) in [4.78, 5) is 30.2. The Morgan fingerprint density at radius 2 is 1.38 bits per heavy atom. The van der Waals surface area contributed by atoms with Crippen LogP contribution in [0.15, 0.2) is 97.2 Å². The van der Waals surface area contributed by atoms with Gasteiger partial charge in [0.1, 0.15) is 5.92 Å². The van der Waals surface area contributed by atoms with Crippen LogP contribution in [0.1, 0.15) is 27.5 Å². The number of fused-ring (bicyclic) bond motifs is 1. The van der Waals surface area contributed by atoms with Crippen molar-refractivity contribution in [3.63, 3.8) is 0 Å². The topological polar surface area (TPSA) is 67.3 Å². The monoisotopic (exact) mass is 381 g/mol. The lowest BCUT2D eigenvalue weighted by molar-refractivity contribution is -0.140. The first kappa shape index (κ1) is 18.6. The van der Waals surface area contributed by atoms with Gasteiger partial charge in [0.25, 0.3) is 0 Å². The number of hydrogen-bond acceptors (Lipinski definition) is 3. The lowest BCUT2D eigenvalue weighted by atomic mass is 9.78. The molecule has 1 heterocycles. The Bertz CT molecular complexity index is 1150. The lowest BCUT2D eigenvalue weighted by Gasteiger charge is -2.24. The van der Waals surface area contributed by atoms with Crippen LogP contribution < -0.4 is 0 Å². The summed E-state index contributed by atoms with van der Waals surface area (Å²) in [6, 6.07) is 27.4. The zero-order valence-electron chi connectivity index (χ0n) is 15.6. The molecular weight excluding hydrogens is 362 g/mol. The molecule has 4 heteroatoms. The number of aromatic nitrogens is 1. The molecule has 2 atom stereocenters. The predicted molar refractivity (Wildman–Crippen MR) is 112 cm³/mol. The largest absolute Gasteiger partial charge is 0.481 e. The van der Waals surface area contributed by atoms with E-state index in [9.17, 15) is 14.7 Å². The number of carboxylic acid groups (broad SMARTS) is 1. The number of carbonyl (C=O) groups excluding carboxylic acids is 1. The summed E-state index contributed by atoms with van der Waals surface area (Å²) in [5, 5.41) is 11.9. The van der Waals surface area contributed by atoms with Crippen LogP contribution >= 0.6 is 0 Å². The van der Waals surface area contributed by atoms with Gasteiger partial charge in [0.05, 0.1) is 5.69 Å². The quantitative estimate of drug-likeness (QED) is 0.379. The maximum atomic E-state index is 13.3. The smallest absolute Gasteiger partial charge is 0.315 e. The van der Waals surface area contributed by atoms with E-state index in [1.807, 2.05) is 60.7 Å². The second-order valence-electron chi connectivity index (χ2n) is 6.85. The van der Waals surface area contributed by atoms with Crippen molar-refractivity contribution in [2.75, 3.05) is 0 Å². The van der Waals surface area contributed by atoms with Gasteiger partial charge in [0.15, 0.2) is 5.78 Å². The first-order valence-electron chi connectivity index (χ1n) is 9.37. The molecule has 0 radical (unpaired) electrons. The van der Waals surface area contributed by atoms with Gasteiger partial charge in [-0.25, -0.2) is 0 Å². The molecule has 1 aromatic heterocycles. The molecule has 3 aromatic carbocycles. The van der Waals surface area contributed by atoms with Crippen molar-refractivity contribution in [3.8, 4) is 0 Å². The van der Waals surface area contributed by atoms with E-state index in [0.717, 1.165) is 16.3 Å². The third kappa shape index (κ3) is 3.65. The summed E-state index contributed by atoms with van der Waals surface area (Å²) in [6.45, 7) is 0. The van der Waals surface area contributed by atoms with Crippen molar-refractivity contribution in [1.82, 2.24) is 4.98 Å². The van der Waals surface area contributed by atoms with Crippen molar-refractivity contribution < 1.29 is 14.7 Å². The maximum absolute atomic E-state index is 13.3. The van der Waals surface area contributed by atoms with Crippen LogP contribution in [-0.4, -0.2) is 21.8 Å². The molecule has 0 fully saturated rings. The summed E-state index contributed by atoms with van der Waals surface area (Å²) in [7, 11) is 0. The molecule has 0 aliphatic heterocycles. The molecule has 0 aliphatic carbocycles. The molecule has 0 saturated carbocycles. The molecule has 1 N–H and O–H groups in total. The molecule has 0 unspecified atom stereocenters. The zero-order chi connectivity index (χ0) is 20.2. The number of hydrogen-bond donors (Lipinski definition) is 1. The van der Waals surface area contributed by atoms with Gasteiger partial charge in [0.2, 0.25) is 0 Å². The molecule has 0 amide bonds.